The van der Waals surface area contributed by atoms with Gasteiger partial charge < -0.3 is 4.90 Å². The van der Waals surface area contributed by atoms with Gasteiger partial charge in [0, 0.05) is 31.0 Å². The highest BCUT2D eigenvalue weighted by Gasteiger charge is 2.30. The highest BCUT2D eigenvalue weighted by atomic mass is 32.1. The number of nitrogens with zero attached hydrogens (tertiary/aromatic N) is 5. The molecule has 0 bridgehead atoms. The molecule has 7 heteroatoms. The van der Waals surface area contributed by atoms with Crippen LogP contribution in [0.2, 0.25) is 0 Å². The van der Waals surface area contributed by atoms with Crippen molar-refractivity contribution in [3.8, 4) is 0 Å². The molecule has 0 unspecified atom stereocenters. The standard InChI is InChI=1S/C17H19N5OS/c1-2-21(13-6-4-3-5-7-13)15(23)11-10-14-20-22-16(12-8-9-12)18-19-17(22)24-14/h3-7,12H,2,8-11H2,1H3. The number of benzene rings is 1. The maximum Gasteiger partial charge on any atom is 0.234 e. The van der Waals surface area contributed by atoms with Crippen molar-refractivity contribution in [1.29, 1.82) is 0 Å². The lowest BCUT2D eigenvalue weighted by Crippen LogP contribution is -2.30. The number of rotatable bonds is 6. The fourth-order valence-electron chi connectivity index (χ4n) is 2.83. The van der Waals surface area contributed by atoms with E-state index in [-0.39, 0.29) is 5.91 Å². The molecule has 1 saturated carbocycles. The molecule has 0 spiro atoms. The predicted octanol–water partition coefficient (Wildman–Crippen LogP) is 3.05. The molecule has 1 amide bonds. The minimum Gasteiger partial charge on any atom is -0.313 e. The van der Waals surface area contributed by atoms with Gasteiger partial charge in [0.1, 0.15) is 5.01 Å². The third-order valence-electron chi connectivity index (χ3n) is 4.24. The zero-order valence-corrected chi connectivity index (χ0v) is 14.4. The van der Waals surface area contributed by atoms with E-state index < -0.39 is 0 Å². The Hall–Kier alpha value is -2.28. The molecule has 0 saturated heterocycles. The van der Waals surface area contributed by atoms with Gasteiger partial charge in [-0.05, 0) is 31.9 Å². The van der Waals surface area contributed by atoms with Gasteiger partial charge in [-0.3, -0.25) is 4.79 Å². The van der Waals surface area contributed by atoms with Crippen molar-refractivity contribution in [2.24, 2.45) is 0 Å². The molecule has 1 aromatic carbocycles. The Morgan fingerprint density at radius 1 is 1.29 bits per heavy atom. The van der Waals surface area contributed by atoms with Gasteiger partial charge in [0.15, 0.2) is 5.82 Å². The van der Waals surface area contributed by atoms with Crippen LogP contribution in [0.4, 0.5) is 5.69 Å². The highest BCUT2D eigenvalue weighted by molar-refractivity contribution is 7.16. The van der Waals surface area contributed by atoms with Crippen LogP contribution in [0.15, 0.2) is 30.3 Å². The summed E-state index contributed by atoms with van der Waals surface area (Å²) in [7, 11) is 0. The van der Waals surface area contributed by atoms with Crippen molar-refractivity contribution in [3.63, 3.8) is 0 Å². The van der Waals surface area contributed by atoms with Crippen molar-refractivity contribution in [2.75, 3.05) is 11.4 Å². The maximum atomic E-state index is 12.6. The van der Waals surface area contributed by atoms with Crippen LogP contribution in [0, 0.1) is 0 Å². The molecule has 4 rings (SSSR count). The predicted molar refractivity (Wildman–Crippen MR) is 93.4 cm³/mol. The first-order valence-electron chi connectivity index (χ1n) is 8.32. The molecule has 3 aromatic rings. The van der Waals surface area contributed by atoms with Crippen LogP contribution in [-0.2, 0) is 11.2 Å². The minimum atomic E-state index is 0.122. The summed E-state index contributed by atoms with van der Waals surface area (Å²) >= 11 is 1.53. The fraction of sp³-hybridized carbons (Fsp3) is 0.412. The Morgan fingerprint density at radius 3 is 2.79 bits per heavy atom. The fourth-order valence-corrected chi connectivity index (χ4v) is 3.67. The summed E-state index contributed by atoms with van der Waals surface area (Å²) in [5.74, 6) is 1.61. The Labute approximate surface area is 144 Å². The SMILES string of the molecule is CCN(C(=O)CCc1nn2c(C3CC3)nnc2s1)c1ccccc1. The first kappa shape index (κ1) is 15.3. The number of carbonyl (C=O) groups is 1. The van der Waals surface area contributed by atoms with E-state index in [1.165, 1.54) is 24.2 Å². The summed E-state index contributed by atoms with van der Waals surface area (Å²) in [5.41, 5.74) is 0.944. The summed E-state index contributed by atoms with van der Waals surface area (Å²) < 4.78 is 1.86. The van der Waals surface area contributed by atoms with E-state index in [0.29, 0.717) is 25.3 Å². The quantitative estimate of drug-likeness (QED) is 0.691. The average molecular weight is 341 g/mol. The van der Waals surface area contributed by atoms with E-state index in [4.69, 9.17) is 0 Å². The van der Waals surface area contributed by atoms with E-state index in [1.807, 2.05) is 46.7 Å². The normalized spacial score (nSPS) is 14.2. The minimum absolute atomic E-state index is 0.122. The monoisotopic (exact) mass is 341 g/mol. The molecule has 0 atom stereocenters. The van der Waals surface area contributed by atoms with Crippen LogP contribution < -0.4 is 4.90 Å². The van der Waals surface area contributed by atoms with Crippen molar-refractivity contribution in [2.45, 2.75) is 38.5 Å². The van der Waals surface area contributed by atoms with Crippen LogP contribution in [0.1, 0.15) is 42.9 Å². The Balaban J connectivity index is 1.45. The van der Waals surface area contributed by atoms with Gasteiger partial charge in [-0.1, -0.05) is 29.5 Å². The van der Waals surface area contributed by atoms with Crippen LogP contribution in [0.25, 0.3) is 4.96 Å². The summed E-state index contributed by atoms with van der Waals surface area (Å²) in [4.78, 5) is 15.2. The Bertz CT molecular complexity index is 852. The second-order valence-corrected chi connectivity index (χ2v) is 7.04. The van der Waals surface area contributed by atoms with Gasteiger partial charge in [-0.25, -0.2) is 0 Å². The Morgan fingerprint density at radius 2 is 2.08 bits per heavy atom. The van der Waals surface area contributed by atoms with E-state index in [9.17, 15) is 4.79 Å². The second kappa shape index (κ2) is 6.32. The van der Waals surface area contributed by atoms with Gasteiger partial charge in [0.2, 0.25) is 10.9 Å². The molecule has 6 nitrogen and oxygen atoms in total. The average Bonchev–Trinajstić information content (AvgIpc) is 3.24. The van der Waals surface area contributed by atoms with Crippen molar-refractivity contribution in [1.82, 2.24) is 19.8 Å². The van der Waals surface area contributed by atoms with Gasteiger partial charge in [-0.15, -0.1) is 10.2 Å². The van der Waals surface area contributed by atoms with Crippen LogP contribution in [-0.4, -0.2) is 32.3 Å². The van der Waals surface area contributed by atoms with Crippen LogP contribution in [0.3, 0.4) is 0 Å². The molecule has 2 aromatic heterocycles. The van der Waals surface area contributed by atoms with Gasteiger partial charge in [0.25, 0.3) is 0 Å². The van der Waals surface area contributed by atoms with E-state index in [0.717, 1.165) is 21.5 Å². The van der Waals surface area contributed by atoms with Crippen molar-refractivity contribution < 1.29 is 4.79 Å². The summed E-state index contributed by atoms with van der Waals surface area (Å²) in [6.07, 6.45) is 3.44. The summed E-state index contributed by atoms with van der Waals surface area (Å²) in [6, 6.07) is 9.79. The van der Waals surface area contributed by atoms with Crippen molar-refractivity contribution >= 4 is 27.9 Å². The molecule has 0 radical (unpaired) electrons. The first-order chi connectivity index (χ1) is 11.8. The number of aromatic nitrogens is 4. The maximum absolute atomic E-state index is 12.6. The lowest BCUT2D eigenvalue weighted by atomic mass is 10.2. The third-order valence-corrected chi connectivity index (χ3v) is 5.20. The number of amides is 1. The van der Waals surface area contributed by atoms with E-state index >= 15 is 0 Å². The van der Waals surface area contributed by atoms with E-state index in [2.05, 4.69) is 15.3 Å². The third kappa shape index (κ3) is 2.91. The number of carbonyl (C=O) groups excluding carboxylic acids is 1. The first-order valence-corrected chi connectivity index (χ1v) is 9.14. The zero-order chi connectivity index (χ0) is 16.5. The van der Waals surface area contributed by atoms with Gasteiger partial charge in [0.05, 0.1) is 0 Å². The molecule has 2 heterocycles. The molecule has 24 heavy (non-hydrogen) atoms. The van der Waals surface area contributed by atoms with Gasteiger partial charge in [-0.2, -0.15) is 9.61 Å². The number of hydrogen-bond donors (Lipinski definition) is 0. The number of hydrogen-bond acceptors (Lipinski definition) is 5. The number of anilines is 1. The topological polar surface area (TPSA) is 63.4 Å². The lowest BCUT2D eigenvalue weighted by molar-refractivity contribution is -0.118. The second-order valence-electron chi connectivity index (χ2n) is 6.00. The highest BCUT2D eigenvalue weighted by Crippen LogP contribution is 2.39. The lowest BCUT2D eigenvalue weighted by Gasteiger charge is -2.20. The summed E-state index contributed by atoms with van der Waals surface area (Å²) in [6.45, 7) is 2.66. The molecule has 0 aliphatic heterocycles. The molecule has 1 aliphatic rings. The zero-order valence-electron chi connectivity index (χ0n) is 13.6. The number of fused-ring (bicyclic) bond motifs is 1. The van der Waals surface area contributed by atoms with Gasteiger partial charge >= 0.3 is 0 Å². The van der Waals surface area contributed by atoms with E-state index in [1.54, 1.807) is 0 Å². The van der Waals surface area contributed by atoms with Crippen LogP contribution >= 0.6 is 11.3 Å². The Kier molecular flexibility index (Phi) is 4.02. The molecule has 124 valence electrons. The smallest absolute Gasteiger partial charge is 0.234 e. The van der Waals surface area contributed by atoms with Crippen molar-refractivity contribution in [3.05, 3.63) is 41.2 Å². The number of aryl methyl sites for hydroxylation is 1. The molecular formula is C17H19N5OS. The molecule has 1 aliphatic carbocycles. The summed E-state index contributed by atoms with van der Waals surface area (Å²) in [5, 5.41) is 14.0. The molecule has 0 N–H and O–H groups in total. The molecule has 1 fully saturated rings. The molecular weight excluding hydrogens is 322 g/mol. The largest absolute Gasteiger partial charge is 0.313 e. The van der Waals surface area contributed by atoms with Crippen LogP contribution in [0.5, 0.6) is 0 Å². The number of para-hydroxylation sites is 1.